The fourth-order valence-corrected chi connectivity index (χ4v) is 2.27. The summed E-state index contributed by atoms with van der Waals surface area (Å²) >= 11 is 3.37. The van der Waals surface area contributed by atoms with Crippen molar-refractivity contribution in [3.63, 3.8) is 0 Å². The molecule has 0 spiro atoms. The third-order valence-electron chi connectivity index (χ3n) is 2.83. The van der Waals surface area contributed by atoms with Crippen LogP contribution in [0.2, 0.25) is 0 Å². The molecule has 0 saturated carbocycles. The van der Waals surface area contributed by atoms with E-state index >= 15 is 0 Å². The van der Waals surface area contributed by atoms with Crippen molar-refractivity contribution < 1.29 is 0 Å². The molecule has 0 aliphatic heterocycles. The molecule has 0 bridgehead atoms. The summed E-state index contributed by atoms with van der Waals surface area (Å²) in [6, 6.07) is 10.3. The van der Waals surface area contributed by atoms with Gasteiger partial charge in [0.05, 0.1) is 0 Å². The topological polar surface area (TPSA) is 37.8 Å². The van der Waals surface area contributed by atoms with E-state index in [4.69, 9.17) is 0 Å². The lowest BCUT2D eigenvalue weighted by molar-refractivity contribution is 0.590. The average Bonchev–Trinajstić information content (AvgIpc) is 2.26. The molecule has 0 saturated heterocycles. The van der Waals surface area contributed by atoms with Crippen LogP contribution in [0.15, 0.2) is 34.9 Å². The van der Waals surface area contributed by atoms with Crippen LogP contribution in [0.4, 0.5) is 11.5 Å². The fourth-order valence-electron chi connectivity index (χ4n) is 1.80. The van der Waals surface area contributed by atoms with Crippen LogP contribution in [0.3, 0.4) is 0 Å². The Morgan fingerprint density at radius 2 is 1.68 bits per heavy atom. The van der Waals surface area contributed by atoms with E-state index < -0.39 is 0 Å². The summed E-state index contributed by atoms with van der Waals surface area (Å²) in [5.41, 5.74) is 2.52. The zero-order valence-corrected chi connectivity index (χ0v) is 13.2. The molecule has 1 heterocycles. The monoisotopic (exact) mass is 319 g/mol. The standard InChI is InChI=1S/C15H18BrN3/c1-10-17-13(16)9-14(18-10)19-12-7-5-11(6-8-12)15(2,3)4/h5-9H,1-4H3,(H,17,18,19). The summed E-state index contributed by atoms with van der Waals surface area (Å²) in [5.74, 6) is 1.53. The normalized spacial score (nSPS) is 11.4. The molecule has 2 aromatic rings. The van der Waals surface area contributed by atoms with Crippen LogP contribution in [-0.4, -0.2) is 9.97 Å². The van der Waals surface area contributed by atoms with Crippen LogP contribution in [0, 0.1) is 6.92 Å². The molecular weight excluding hydrogens is 302 g/mol. The Hall–Kier alpha value is -1.42. The lowest BCUT2D eigenvalue weighted by atomic mass is 9.87. The van der Waals surface area contributed by atoms with E-state index in [9.17, 15) is 0 Å². The quantitative estimate of drug-likeness (QED) is 0.823. The van der Waals surface area contributed by atoms with Crippen LogP contribution in [-0.2, 0) is 5.41 Å². The first kappa shape index (κ1) is 14.0. The molecule has 0 fully saturated rings. The molecule has 1 aromatic heterocycles. The van der Waals surface area contributed by atoms with Crippen molar-refractivity contribution in [1.29, 1.82) is 0 Å². The summed E-state index contributed by atoms with van der Waals surface area (Å²) in [7, 11) is 0. The maximum absolute atomic E-state index is 4.35. The highest BCUT2D eigenvalue weighted by Gasteiger charge is 2.12. The van der Waals surface area contributed by atoms with Gasteiger partial charge < -0.3 is 5.32 Å². The van der Waals surface area contributed by atoms with E-state index in [1.54, 1.807) is 0 Å². The zero-order valence-electron chi connectivity index (χ0n) is 11.7. The summed E-state index contributed by atoms with van der Waals surface area (Å²) in [4.78, 5) is 8.54. The van der Waals surface area contributed by atoms with E-state index in [0.717, 1.165) is 21.9 Å². The van der Waals surface area contributed by atoms with Gasteiger partial charge in [0.2, 0.25) is 0 Å². The molecule has 3 nitrogen and oxygen atoms in total. The van der Waals surface area contributed by atoms with Crippen molar-refractivity contribution in [3.05, 3.63) is 46.3 Å². The van der Waals surface area contributed by atoms with Gasteiger partial charge in [0, 0.05) is 11.8 Å². The summed E-state index contributed by atoms with van der Waals surface area (Å²) in [6.45, 7) is 8.50. The van der Waals surface area contributed by atoms with Crippen molar-refractivity contribution in [2.75, 3.05) is 5.32 Å². The molecule has 19 heavy (non-hydrogen) atoms. The number of nitrogens with zero attached hydrogens (tertiary/aromatic N) is 2. The maximum atomic E-state index is 4.35. The minimum absolute atomic E-state index is 0.174. The van der Waals surface area contributed by atoms with Gasteiger partial charge in [-0.1, -0.05) is 32.9 Å². The molecule has 0 unspecified atom stereocenters. The first-order chi connectivity index (χ1) is 8.84. The van der Waals surface area contributed by atoms with E-state index in [-0.39, 0.29) is 5.41 Å². The smallest absolute Gasteiger partial charge is 0.135 e. The Bertz CT molecular complexity index is 551. The number of aryl methyl sites for hydroxylation is 1. The van der Waals surface area contributed by atoms with E-state index in [1.807, 2.05) is 13.0 Å². The largest absolute Gasteiger partial charge is 0.340 e. The third kappa shape index (κ3) is 3.77. The van der Waals surface area contributed by atoms with Crippen molar-refractivity contribution in [2.45, 2.75) is 33.1 Å². The van der Waals surface area contributed by atoms with Gasteiger partial charge in [0.1, 0.15) is 16.2 Å². The zero-order chi connectivity index (χ0) is 14.0. The molecule has 2 rings (SSSR count). The van der Waals surface area contributed by atoms with Gasteiger partial charge in [0.15, 0.2) is 0 Å². The first-order valence-corrected chi connectivity index (χ1v) is 7.03. The second-order valence-corrected chi connectivity index (χ2v) is 6.39. The minimum atomic E-state index is 0.174. The lowest BCUT2D eigenvalue weighted by Crippen LogP contribution is -2.10. The van der Waals surface area contributed by atoms with Gasteiger partial charge in [-0.15, -0.1) is 0 Å². The highest BCUT2D eigenvalue weighted by molar-refractivity contribution is 9.10. The molecule has 0 atom stereocenters. The van der Waals surface area contributed by atoms with Crippen LogP contribution in [0.25, 0.3) is 0 Å². The van der Waals surface area contributed by atoms with E-state index in [0.29, 0.717) is 0 Å². The predicted molar refractivity (Wildman–Crippen MR) is 82.9 cm³/mol. The summed E-state index contributed by atoms with van der Waals surface area (Å²) < 4.78 is 0.786. The molecule has 0 aliphatic carbocycles. The molecule has 0 aliphatic rings. The Kier molecular flexibility index (Phi) is 3.90. The number of hydrogen-bond acceptors (Lipinski definition) is 3. The highest BCUT2D eigenvalue weighted by atomic mass is 79.9. The third-order valence-corrected chi connectivity index (χ3v) is 3.24. The average molecular weight is 320 g/mol. The van der Waals surface area contributed by atoms with E-state index in [1.165, 1.54) is 5.56 Å². The van der Waals surface area contributed by atoms with Crippen LogP contribution < -0.4 is 5.32 Å². The molecule has 0 amide bonds. The molecule has 1 N–H and O–H groups in total. The van der Waals surface area contributed by atoms with E-state index in [2.05, 4.69) is 76.3 Å². The number of hydrogen-bond donors (Lipinski definition) is 1. The van der Waals surface area contributed by atoms with Crippen molar-refractivity contribution in [1.82, 2.24) is 9.97 Å². The first-order valence-electron chi connectivity index (χ1n) is 6.23. The highest BCUT2D eigenvalue weighted by Crippen LogP contribution is 2.24. The molecular formula is C15H18BrN3. The lowest BCUT2D eigenvalue weighted by Gasteiger charge is -2.19. The second kappa shape index (κ2) is 5.29. The van der Waals surface area contributed by atoms with Gasteiger partial charge in [0.25, 0.3) is 0 Å². The number of benzene rings is 1. The van der Waals surface area contributed by atoms with Crippen LogP contribution in [0.1, 0.15) is 32.2 Å². The summed E-state index contributed by atoms with van der Waals surface area (Å²) in [5, 5.41) is 3.28. The fraction of sp³-hybridized carbons (Fsp3) is 0.333. The number of nitrogens with one attached hydrogen (secondary N) is 1. The van der Waals surface area contributed by atoms with Crippen molar-refractivity contribution in [2.24, 2.45) is 0 Å². The van der Waals surface area contributed by atoms with Crippen molar-refractivity contribution >= 4 is 27.4 Å². The minimum Gasteiger partial charge on any atom is -0.340 e. The Balaban J connectivity index is 2.20. The number of anilines is 2. The molecule has 0 radical (unpaired) electrons. The second-order valence-electron chi connectivity index (χ2n) is 5.58. The van der Waals surface area contributed by atoms with Crippen LogP contribution in [0.5, 0.6) is 0 Å². The Labute approximate surface area is 122 Å². The number of rotatable bonds is 2. The predicted octanol–water partition coefficient (Wildman–Crippen LogP) is 4.59. The Morgan fingerprint density at radius 3 is 2.21 bits per heavy atom. The number of aromatic nitrogens is 2. The van der Waals surface area contributed by atoms with Gasteiger partial charge in [-0.25, -0.2) is 9.97 Å². The van der Waals surface area contributed by atoms with Crippen molar-refractivity contribution in [3.8, 4) is 0 Å². The Morgan fingerprint density at radius 1 is 1.05 bits per heavy atom. The maximum Gasteiger partial charge on any atom is 0.135 e. The summed E-state index contributed by atoms with van der Waals surface area (Å²) in [6.07, 6.45) is 0. The molecule has 1 aromatic carbocycles. The van der Waals surface area contributed by atoms with Crippen LogP contribution >= 0.6 is 15.9 Å². The SMILES string of the molecule is Cc1nc(Br)cc(Nc2ccc(C(C)(C)C)cc2)n1. The number of halogens is 1. The van der Waals surface area contributed by atoms with Gasteiger partial charge >= 0.3 is 0 Å². The van der Waals surface area contributed by atoms with Gasteiger partial charge in [-0.05, 0) is 46.0 Å². The van der Waals surface area contributed by atoms with Gasteiger partial charge in [-0.2, -0.15) is 0 Å². The van der Waals surface area contributed by atoms with Gasteiger partial charge in [-0.3, -0.25) is 0 Å². The molecule has 4 heteroatoms. The molecule has 100 valence electrons.